The molecule has 1 aliphatic heterocycles. The van der Waals surface area contributed by atoms with Crippen molar-refractivity contribution in [3.63, 3.8) is 0 Å². The van der Waals surface area contributed by atoms with Crippen LogP contribution in [0.3, 0.4) is 0 Å². The average molecular weight is 254 g/mol. The molecule has 5 nitrogen and oxygen atoms in total. The standard InChI is InChI=1S/C11H12ClN3O2/c1-7-11(2,14-17)10(16)15(13-7)9-5-3-8(12)4-6-9/h3-6,14,17H,1-2H3. The fourth-order valence-corrected chi connectivity index (χ4v) is 1.67. The molecule has 2 N–H and O–H groups in total. The molecule has 0 radical (unpaired) electrons. The number of carbonyl (C=O) groups excluding carboxylic acids is 1. The zero-order valence-corrected chi connectivity index (χ0v) is 10.2. The molecule has 1 atom stereocenters. The summed E-state index contributed by atoms with van der Waals surface area (Å²) in [5.74, 6) is -0.333. The van der Waals surface area contributed by atoms with Gasteiger partial charge in [0.2, 0.25) is 0 Å². The number of rotatable bonds is 2. The number of hydrogen-bond acceptors (Lipinski definition) is 4. The van der Waals surface area contributed by atoms with Crippen LogP contribution in [0.25, 0.3) is 0 Å². The molecule has 1 aromatic carbocycles. The van der Waals surface area contributed by atoms with Crippen molar-refractivity contribution in [1.82, 2.24) is 5.48 Å². The van der Waals surface area contributed by atoms with Gasteiger partial charge in [-0.3, -0.25) is 4.79 Å². The van der Waals surface area contributed by atoms with Gasteiger partial charge in [-0.2, -0.15) is 15.6 Å². The minimum absolute atomic E-state index is 0.333. The van der Waals surface area contributed by atoms with E-state index in [2.05, 4.69) is 5.10 Å². The summed E-state index contributed by atoms with van der Waals surface area (Å²) < 4.78 is 0. The minimum atomic E-state index is -1.17. The van der Waals surface area contributed by atoms with Gasteiger partial charge in [0.15, 0.2) is 5.54 Å². The number of amides is 1. The zero-order valence-electron chi connectivity index (χ0n) is 9.44. The van der Waals surface area contributed by atoms with E-state index in [0.29, 0.717) is 16.4 Å². The summed E-state index contributed by atoms with van der Waals surface area (Å²) in [6.45, 7) is 3.25. The normalized spacial score (nSPS) is 24.1. The molecule has 0 fully saturated rings. The van der Waals surface area contributed by atoms with Crippen LogP contribution in [0.1, 0.15) is 13.8 Å². The van der Waals surface area contributed by atoms with Crippen molar-refractivity contribution in [3.8, 4) is 0 Å². The van der Waals surface area contributed by atoms with Gasteiger partial charge >= 0.3 is 0 Å². The van der Waals surface area contributed by atoms with E-state index in [9.17, 15) is 4.79 Å². The Balaban J connectivity index is 2.37. The maximum Gasteiger partial charge on any atom is 0.275 e. The van der Waals surface area contributed by atoms with Crippen LogP contribution in [0, 0.1) is 0 Å². The summed E-state index contributed by atoms with van der Waals surface area (Å²) in [6, 6.07) is 6.74. The predicted molar refractivity (Wildman–Crippen MR) is 65.4 cm³/mol. The quantitative estimate of drug-likeness (QED) is 0.790. The Morgan fingerprint density at radius 2 is 2.00 bits per heavy atom. The first-order valence-electron chi connectivity index (χ1n) is 5.06. The topological polar surface area (TPSA) is 64.9 Å². The lowest BCUT2D eigenvalue weighted by Crippen LogP contribution is -2.53. The Morgan fingerprint density at radius 1 is 1.41 bits per heavy atom. The Labute approximate surface area is 104 Å². The van der Waals surface area contributed by atoms with Gasteiger partial charge in [-0.1, -0.05) is 11.6 Å². The van der Waals surface area contributed by atoms with Crippen LogP contribution in [0.2, 0.25) is 5.02 Å². The molecular weight excluding hydrogens is 242 g/mol. The molecule has 0 saturated heterocycles. The molecule has 0 aliphatic carbocycles. The molecule has 17 heavy (non-hydrogen) atoms. The Morgan fingerprint density at radius 3 is 2.47 bits per heavy atom. The Bertz CT molecular complexity index is 486. The summed E-state index contributed by atoms with van der Waals surface area (Å²) >= 11 is 5.78. The van der Waals surface area contributed by atoms with Gasteiger partial charge in [0.1, 0.15) is 0 Å². The number of nitrogens with zero attached hydrogens (tertiary/aromatic N) is 2. The van der Waals surface area contributed by atoms with E-state index in [4.69, 9.17) is 16.8 Å². The summed E-state index contributed by atoms with van der Waals surface area (Å²) in [6.07, 6.45) is 0. The summed E-state index contributed by atoms with van der Waals surface area (Å²) in [5, 5.41) is 15.0. The van der Waals surface area contributed by atoms with E-state index in [1.54, 1.807) is 38.1 Å². The van der Waals surface area contributed by atoms with Crippen LogP contribution in [-0.4, -0.2) is 22.4 Å². The average Bonchev–Trinajstić information content (AvgIpc) is 2.55. The lowest BCUT2D eigenvalue weighted by atomic mass is 9.98. The van der Waals surface area contributed by atoms with Gasteiger partial charge in [-0.25, -0.2) is 0 Å². The second-order valence-electron chi connectivity index (χ2n) is 4.02. The van der Waals surface area contributed by atoms with Crippen LogP contribution in [0.4, 0.5) is 5.69 Å². The van der Waals surface area contributed by atoms with E-state index in [1.165, 1.54) is 5.01 Å². The first-order chi connectivity index (χ1) is 7.99. The molecule has 6 heteroatoms. The van der Waals surface area contributed by atoms with Crippen LogP contribution in [-0.2, 0) is 4.79 Å². The van der Waals surface area contributed by atoms with Crippen LogP contribution >= 0.6 is 11.6 Å². The molecule has 0 bridgehead atoms. The molecule has 0 saturated carbocycles. The molecule has 0 aromatic heterocycles. The Hall–Kier alpha value is -1.43. The maximum atomic E-state index is 12.1. The number of halogens is 1. The van der Waals surface area contributed by atoms with Gasteiger partial charge < -0.3 is 5.21 Å². The first kappa shape index (κ1) is 12.0. The number of hydrazone groups is 1. The zero-order chi connectivity index (χ0) is 12.6. The molecule has 2 rings (SSSR count). The molecule has 1 unspecified atom stereocenters. The van der Waals surface area contributed by atoms with Gasteiger partial charge in [0, 0.05) is 5.02 Å². The van der Waals surface area contributed by atoms with Crippen LogP contribution < -0.4 is 10.5 Å². The SMILES string of the molecule is CC1=NN(c2ccc(Cl)cc2)C(=O)C1(C)NO. The second-order valence-corrected chi connectivity index (χ2v) is 4.45. The highest BCUT2D eigenvalue weighted by Gasteiger charge is 2.45. The number of benzene rings is 1. The molecular formula is C11H12ClN3O2. The summed E-state index contributed by atoms with van der Waals surface area (Å²) in [7, 11) is 0. The number of hydrogen-bond donors (Lipinski definition) is 2. The molecule has 90 valence electrons. The largest absolute Gasteiger partial charge is 0.315 e. The van der Waals surface area contributed by atoms with E-state index in [1.807, 2.05) is 5.48 Å². The van der Waals surface area contributed by atoms with Crippen molar-refractivity contribution in [1.29, 1.82) is 0 Å². The fourth-order valence-electron chi connectivity index (χ4n) is 1.55. The maximum absolute atomic E-state index is 12.1. The first-order valence-corrected chi connectivity index (χ1v) is 5.44. The van der Waals surface area contributed by atoms with E-state index < -0.39 is 5.54 Å². The molecule has 1 aliphatic rings. The summed E-state index contributed by atoms with van der Waals surface area (Å²) in [4.78, 5) is 12.1. The predicted octanol–water partition coefficient (Wildman–Crippen LogP) is 1.80. The van der Waals surface area contributed by atoms with Crippen molar-refractivity contribution in [3.05, 3.63) is 29.3 Å². The number of carbonyl (C=O) groups is 1. The van der Waals surface area contributed by atoms with Crippen molar-refractivity contribution in [2.75, 3.05) is 5.01 Å². The lowest BCUT2D eigenvalue weighted by Gasteiger charge is -2.21. The second kappa shape index (κ2) is 4.10. The Kier molecular flexibility index (Phi) is 2.91. The third-order valence-electron chi connectivity index (χ3n) is 2.89. The highest BCUT2D eigenvalue weighted by Crippen LogP contribution is 2.27. The highest BCUT2D eigenvalue weighted by molar-refractivity contribution is 6.30. The van der Waals surface area contributed by atoms with E-state index >= 15 is 0 Å². The highest BCUT2D eigenvalue weighted by atomic mass is 35.5. The summed E-state index contributed by atoms with van der Waals surface area (Å²) in [5.41, 5.74) is 1.94. The van der Waals surface area contributed by atoms with Gasteiger partial charge in [0.05, 0.1) is 11.4 Å². The third-order valence-corrected chi connectivity index (χ3v) is 3.14. The molecule has 1 aromatic rings. The smallest absolute Gasteiger partial charge is 0.275 e. The monoisotopic (exact) mass is 253 g/mol. The number of hydroxylamine groups is 1. The minimum Gasteiger partial charge on any atom is -0.315 e. The lowest BCUT2D eigenvalue weighted by molar-refractivity contribution is -0.124. The van der Waals surface area contributed by atoms with Gasteiger partial charge in [0.25, 0.3) is 5.91 Å². The van der Waals surface area contributed by atoms with Crippen molar-refractivity contribution in [2.45, 2.75) is 19.4 Å². The van der Waals surface area contributed by atoms with E-state index in [0.717, 1.165) is 0 Å². The number of nitrogens with one attached hydrogen (secondary N) is 1. The van der Waals surface area contributed by atoms with Crippen molar-refractivity contribution < 1.29 is 10.0 Å². The fraction of sp³-hybridized carbons (Fsp3) is 0.273. The van der Waals surface area contributed by atoms with Gasteiger partial charge in [-0.05, 0) is 38.1 Å². The molecule has 1 heterocycles. The molecule has 0 spiro atoms. The van der Waals surface area contributed by atoms with Gasteiger partial charge in [-0.15, -0.1) is 0 Å². The van der Waals surface area contributed by atoms with E-state index in [-0.39, 0.29) is 5.91 Å². The van der Waals surface area contributed by atoms with Crippen molar-refractivity contribution >= 4 is 28.9 Å². The number of anilines is 1. The van der Waals surface area contributed by atoms with Crippen LogP contribution in [0.15, 0.2) is 29.4 Å². The van der Waals surface area contributed by atoms with Crippen LogP contribution in [0.5, 0.6) is 0 Å². The molecule has 1 amide bonds. The van der Waals surface area contributed by atoms with Crippen molar-refractivity contribution in [2.24, 2.45) is 5.10 Å². The third kappa shape index (κ3) is 1.82.